The van der Waals surface area contributed by atoms with Crippen LogP contribution in [0.1, 0.15) is 6.42 Å². The highest BCUT2D eigenvalue weighted by molar-refractivity contribution is 8.02. The van der Waals surface area contributed by atoms with Gasteiger partial charge in [-0.05, 0) is 6.42 Å². The average Bonchev–Trinajstić information content (AvgIpc) is 2.26. The Morgan fingerprint density at radius 1 is 1.58 bits per heavy atom. The van der Waals surface area contributed by atoms with E-state index in [0.717, 1.165) is 11.8 Å². The van der Waals surface area contributed by atoms with Crippen LogP contribution in [-0.2, 0) is 14.6 Å². The molecule has 0 aromatic heterocycles. The maximum atomic E-state index is 10.9. The molecule has 1 rings (SSSR count). The summed E-state index contributed by atoms with van der Waals surface area (Å²) in [7, 11) is -2.88. The molecule has 0 N–H and O–H groups in total. The molecule has 0 radical (unpaired) electrons. The topological polar surface area (TPSA) is 74.3 Å². The first-order valence-corrected chi connectivity index (χ1v) is 6.38. The van der Waals surface area contributed by atoms with Crippen molar-refractivity contribution in [3.05, 3.63) is 0 Å². The molecule has 0 unspecified atom stereocenters. The van der Waals surface area contributed by atoms with E-state index < -0.39 is 15.8 Å². The maximum absolute atomic E-state index is 10.9. The molecule has 1 aliphatic heterocycles. The lowest BCUT2D eigenvalue weighted by molar-refractivity contribution is -0.301. The van der Waals surface area contributed by atoms with Gasteiger partial charge in [0.2, 0.25) is 0 Å². The zero-order chi connectivity index (χ0) is 9.19. The molecule has 0 saturated carbocycles. The van der Waals surface area contributed by atoms with Crippen molar-refractivity contribution >= 4 is 27.6 Å². The normalized spacial score (nSPS) is 27.2. The predicted molar refractivity (Wildman–Crippen MR) is 44.5 cm³/mol. The van der Waals surface area contributed by atoms with Crippen LogP contribution in [0.15, 0.2) is 0 Å². The molecule has 0 aliphatic carbocycles. The summed E-state index contributed by atoms with van der Waals surface area (Å²) in [5.41, 5.74) is 0. The Morgan fingerprint density at radius 3 is 2.67 bits per heavy atom. The molecular formula is C6H9O4S2-. The van der Waals surface area contributed by atoms with Crippen LogP contribution in [0.25, 0.3) is 0 Å². The summed E-state index contributed by atoms with van der Waals surface area (Å²) in [6, 6.07) is 0. The van der Waals surface area contributed by atoms with Gasteiger partial charge in [-0.1, -0.05) is 0 Å². The number of carboxylic acid groups (broad SMARTS) is 1. The Bertz CT molecular complexity index is 269. The fourth-order valence-electron chi connectivity index (χ4n) is 1.08. The number of aliphatic carboxylic acids is 1. The molecular weight excluding hydrogens is 200 g/mol. The van der Waals surface area contributed by atoms with E-state index in [1.54, 1.807) is 0 Å². The third-order valence-electron chi connectivity index (χ3n) is 1.63. The lowest BCUT2D eigenvalue weighted by atomic mass is 10.4. The van der Waals surface area contributed by atoms with Crippen molar-refractivity contribution in [3.63, 3.8) is 0 Å². The van der Waals surface area contributed by atoms with Gasteiger partial charge >= 0.3 is 0 Å². The molecule has 1 saturated heterocycles. The van der Waals surface area contributed by atoms with Crippen LogP contribution in [-0.4, -0.2) is 36.9 Å². The molecule has 1 fully saturated rings. The summed E-state index contributed by atoms with van der Waals surface area (Å²) in [6.45, 7) is 0. The summed E-state index contributed by atoms with van der Waals surface area (Å²) in [5.74, 6) is -0.938. The van der Waals surface area contributed by atoms with Gasteiger partial charge in [-0.3, -0.25) is 0 Å². The molecule has 6 heteroatoms. The second kappa shape index (κ2) is 3.66. The molecule has 0 aromatic rings. The van der Waals surface area contributed by atoms with Crippen LogP contribution < -0.4 is 5.11 Å². The number of hydrogen-bond acceptors (Lipinski definition) is 5. The summed E-state index contributed by atoms with van der Waals surface area (Å²) in [5, 5.41) is 9.99. The van der Waals surface area contributed by atoms with Gasteiger partial charge in [0.25, 0.3) is 0 Å². The highest BCUT2D eigenvalue weighted by atomic mass is 32.2. The van der Waals surface area contributed by atoms with Crippen LogP contribution in [0.3, 0.4) is 0 Å². The number of carbonyl (C=O) groups excluding carboxylic acids is 1. The fraction of sp³-hybridized carbons (Fsp3) is 0.833. The quantitative estimate of drug-likeness (QED) is 0.575. The van der Waals surface area contributed by atoms with E-state index in [0.29, 0.717) is 6.42 Å². The Labute approximate surface area is 75.3 Å². The summed E-state index contributed by atoms with van der Waals surface area (Å²) in [4.78, 5) is 10.0. The van der Waals surface area contributed by atoms with Gasteiger partial charge in [-0.2, -0.15) is 11.8 Å². The van der Waals surface area contributed by atoms with E-state index >= 15 is 0 Å². The Balaban J connectivity index is 2.34. The van der Waals surface area contributed by atoms with E-state index in [1.807, 2.05) is 0 Å². The zero-order valence-corrected chi connectivity index (χ0v) is 7.99. The molecule has 0 bridgehead atoms. The third kappa shape index (κ3) is 3.02. The first-order chi connectivity index (χ1) is 5.49. The van der Waals surface area contributed by atoms with Crippen LogP contribution in [0, 0.1) is 0 Å². The third-order valence-corrected chi connectivity index (χ3v) is 4.88. The zero-order valence-electron chi connectivity index (χ0n) is 6.36. The van der Waals surface area contributed by atoms with Crippen molar-refractivity contribution < 1.29 is 18.3 Å². The molecule has 4 nitrogen and oxygen atoms in total. The van der Waals surface area contributed by atoms with E-state index in [-0.39, 0.29) is 22.5 Å². The minimum Gasteiger partial charge on any atom is -0.549 e. The standard InChI is InChI=1S/C6H10O4S2/c7-6(8)3-11-5-1-2-12(9,10)4-5/h5H,1-4H2,(H,7,8)/p-1/t5-/m1/s1. The van der Waals surface area contributed by atoms with Gasteiger partial charge in [0, 0.05) is 11.0 Å². The number of carbonyl (C=O) groups is 1. The first kappa shape index (κ1) is 9.85. The summed E-state index contributed by atoms with van der Waals surface area (Å²) < 4.78 is 21.8. The van der Waals surface area contributed by atoms with E-state index in [4.69, 9.17) is 0 Å². The molecule has 1 atom stereocenters. The second-order valence-electron chi connectivity index (χ2n) is 2.71. The van der Waals surface area contributed by atoms with Gasteiger partial charge < -0.3 is 9.90 Å². The Morgan fingerprint density at radius 2 is 2.25 bits per heavy atom. The van der Waals surface area contributed by atoms with Crippen LogP contribution >= 0.6 is 11.8 Å². The minimum atomic E-state index is -2.88. The lowest BCUT2D eigenvalue weighted by Crippen LogP contribution is -2.25. The van der Waals surface area contributed by atoms with Crippen molar-refractivity contribution in [3.8, 4) is 0 Å². The fourth-order valence-corrected chi connectivity index (χ4v) is 4.43. The Kier molecular flexibility index (Phi) is 3.00. The van der Waals surface area contributed by atoms with Crippen molar-refractivity contribution in [2.24, 2.45) is 0 Å². The smallest absolute Gasteiger partial charge is 0.151 e. The first-order valence-electron chi connectivity index (χ1n) is 3.51. The SMILES string of the molecule is O=C([O-])CS[C@@H]1CCS(=O)(=O)C1. The molecule has 0 aromatic carbocycles. The van der Waals surface area contributed by atoms with Crippen molar-refractivity contribution in [1.82, 2.24) is 0 Å². The van der Waals surface area contributed by atoms with E-state index in [9.17, 15) is 18.3 Å². The number of sulfone groups is 1. The minimum absolute atomic E-state index is 0.0482. The van der Waals surface area contributed by atoms with Crippen LogP contribution in [0.5, 0.6) is 0 Å². The highest BCUT2D eigenvalue weighted by Crippen LogP contribution is 2.23. The largest absolute Gasteiger partial charge is 0.549 e. The maximum Gasteiger partial charge on any atom is 0.151 e. The second-order valence-corrected chi connectivity index (χ2v) is 6.23. The van der Waals surface area contributed by atoms with Gasteiger partial charge in [-0.25, -0.2) is 8.42 Å². The van der Waals surface area contributed by atoms with Crippen LogP contribution in [0.4, 0.5) is 0 Å². The monoisotopic (exact) mass is 209 g/mol. The van der Waals surface area contributed by atoms with Crippen molar-refractivity contribution in [2.75, 3.05) is 17.3 Å². The molecule has 1 aliphatic rings. The number of rotatable bonds is 3. The summed E-state index contributed by atoms with van der Waals surface area (Å²) >= 11 is 1.15. The van der Waals surface area contributed by atoms with Gasteiger partial charge in [0.05, 0.1) is 17.5 Å². The van der Waals surface area contributed by atoms with E-state index in [1.165, 1.54) is 0 Å². The Hall–Kier alpha value is -0.230. The molecule has 70 valence electrons. The molecule has 0 amide bonds. The number of hydrogen-bond donors (Lipinski definition) is 0. The predicted octanol–water partition coefficient (Wildman–Crippen LogP) is -1.34. The van der Waals surface area contributed by atoms with Crippen molar-refractivity contribution in [1.29, 1.82) is 0 Å². The van der Waals surface area contributed by atoms with Gasteiger partial charge in [0.1, 0.15) is 0 Å². The average molecular weight is 209 g/mol. The summed E-state index contributed by atoms with van der Waals surface area (Å²) in [6.07, 6.45) is 0.570. The van der Waals surface area contributed by atoms with Crippen molar-refractivity contribution in [2.45, 2.75) is 11.7 Å². The number of thioether (sulfide) groups is 1. The van der Waals surface area contributed by atoms with E-state index in [2.05, 4.69) is 0 Å². The molecule has 1 heterocycles. The van der Waals surface area contributed by atoms with Gasteiger partial charge in [-0.15, -0.1) is 0 Å². The lowest BCUT2D eigenvalue weighted by Gasteiger charge is -2.06. The number of carboxylic acids is 1. The van der Waals surface area contributed by atoms with Crippen LogP contribution in [0.2, 0.25) is 0 Å². The molecule has 0 spiro atoms. The molecule has 12 heavy (non-hydrogen) atoms. The van der Waals surface area contributed by atoms with Gasteiger partial charge in [0.15, 0.2) is 9.84 Å². The highest BCUT2D eigenvalue weighted by Gasteiger charge is 2.27.